The summed E-state index contributed by atoms with van der Waals surface area (Å²) < 4.78 is 22.8. The van der Waals surface area contributed by atoms with Crippen LogP contribution >= 0.6 is 0 Å². The standard InChI is InChI=1S/C27H31N5O5/c1-34-22-13-16-17(14-23(22)35-2)29-27(30-25(16)28)32-12-11-31(18-7-3-4-8-19(18)32)26(33)24-15-36-20-9-5-6-10-21(20)37-24/h5-6,9-10,13-14,18-19,24H,3-4,7-8,11-12,15H2,1-2H3,(H2,28,29,30)/t18-,19+,24?/m1/s1. The topological polar surface area (TPSA) is 112 Å². The fourth-order valence-corrected chi connectivity index (χ4v) is 5.81. The number of carbonyl (C=O) groups is 1. The fourth-order valence-electron chi connectivity index (χ4n) is 5.81. The van der Waals surface area contributed by atoms with Crippen LogP contribution in [-0.4, -0.2) is 72.9 Å². The number of hydrogen-bond donors (Lipinski definition) is 1. The summed E-state index contributed by atoms with van der Waals surface area (Å²) in [7, 11) is 3.18. The van der Waals surface area contributed by atoms with Gasteiger partial charge in [-0.3, -0.25) is 4.79 Å². The molecular weight excluding hydrogens is 474 g/mol. The van der Waals surface area contributed by atoms with Crippen LogP contribution in [-0.2, 0) is 4.79 Å². The first-order valence-corrected chi connectivity index (χ1v) is 12.7. The average Bonchev–Trinajstić information content (AvgIpc) is 2.95. The van der Waals surface area contributed by atoms with Crippen LogP contribution in [0.25, 0.3) is 10.9 Å². The minimum absolute atomic E-state index is 0.0261. The lowest BCUT2D eigenvalue weighted by molar-refractivity contribution is -0.145. The van der Waals surface area contributed by atoms with Crippen LogP contribution in [0.4, 0.5) is 11.8 Å². The third-order valence-electron chi connectivity index (χ3n) is 7.62. The molecule has 2 aromatic carbocycles. The molecule has 1 amide bonds. The Labute approximate surface area is 215 Å². The number of anilines is 2. The van der Waals surface area contributed by atoms with Gasteiger partial charge in [-0.1, -0.05) is 25.0 Å². The van der Waals surface area contributed by atoms with Gasteiger partial charge in [-0.05, 0) is 31.0 Å². The molecular formula is C27H31N5O5. The molecule has 3 aliphatic rings. The Morgan fingerprint density at radius 3 is 2.51 bits per heavy atom. The molecule has 1 unspecified atom stereocenters. The van der Waals surface area contributed by atoms with E-state index < -0.39 is 6.10 Å². The lowest BCUT2D eigenvalue weighted by Gasteiger charge is -2.50. The molecule has 3 aromatic rings. The van der Waals surface area contributed by atoms with Gasteiger partial charge in [0.05, 0.1) is 31.8 Å². The van der Waals surface area contributed by atoms with E-state index in [2.05, 4.69) is 9.88 Å². The maximum Gasteiger partial charge on any atom is 0.267 e. The number of methoxy groups -OCH3 is 2. The van der Waals surface area contributed by atoms with Gasteiger partial charge in [0, 0.05) is 24.5 Å². The second-order valence-electron chi connectivity index (χ2n) is 9.64. The van der Waals surface area contributed by atoms with Crippen molar-refractivity contribution >= 4 is 28.6 Å². The Morgan fingerprint density at radius 2 is 1.73 bits per heavy atom. The van der Waals surface area contributed by atoms with Crippen molar-refractivity contribution in [2.45, 2.75) is 43.9 Å². The van der Waals surface area contributed by atoms with E-state index in [9.17, 15) is 4.79 Å². The summed E-state index contributed by atoms with van der Waals surface area (Å²) in [6, 6.07) is 11.2. The Balaban J connectivity index is 1.27. The molecule has 2 fully saturated rings. The maximum atomic E-state index is 13.6. The first-order chi connectivity index (χ1) is 18.1. The summed E-state index contributed by atoms with van der Waals surface area (Å²) in [6.07, 6.45) is 3.38. The molecule has 0 radical (unpaired) electrons. The van der Waals surface area contributed by atoms with Crippen molar-refractivity contribution in [2.24, 2.45) is 0 Å². The number of nitrogens with zero attached hydrogens (tertiary/aromatic N) is 4. The second-order valence-corrected chi connectivity index (χ2v) is 9.64. The van der Waals surface area contributed by atoms with Crippen LogP contribution in [0.5, 0.6) is 23.0 Å². The SMILES string of the molecule is COc1cc2nc(N3CCN(C(=O)C4COc5ccccc5O4)[C@@H]4CCCC[C@@H]43)nc(N)c2cc1OC. The van der Waals surface area contributed by atoms with Crippen molar-refractivity contribution in [1.29, 1.82) is 0 Å². The number of amides is 1. The number of ether oxygens (including phenoxy) is 4. The molecule has 37 heavy (non-hydrogen) atoms. The van der Waals surface area contributed by atoms with Crippen molar-refractivity contribution in [1.82, 2.24) is 14.9 Å². The van der Waals surface area contributed by atoms with E-state index in [0.717, 1.165) is 25.7 Å². The van der Waals surface area contributed by atoms with E-state index in [-0.39, 0.29) is 24.6 Å². The minimum Gasteiger partial charge on any atom is -0.493 e. The van der Waals surface area contributed by atoms with E-state index in [1.807, 2.05) is 35.2 Å². The van der Waals surface area contributed by atoms with E-state index in [4.69, 9.17) is 29.7 Å². The lowest BCUT2D eigenvalue weighted by Crippen LogP contribution is -2.64. The Kier molecular flexibility index (Phi) is 6.02. The Morgan fingerprint density at radius 1 is 1.00 bits per heavy atom. The van der Waals surface area contributed by atoms with Crippen LogP contribution in [0, 0.1) is 0 Å². The molecule has 1 saturated heterocycles. The highest BCUT2D eigenvalue weighted by Gasteiger charge is 2.44. The van der Waals surface area contributed by atoms with E-state index in [1.54, 1.807) is 20.3 Å². The van der Waals surface area contributed by atoms with Crippen LogP contribution < -0.4 is 29.6 Å². The molecule has 194 valence electrons. The highest BCUT2D eigenvalue weighted by atomic mass is 16.6. The van der Waals surface area contributed by atoms with E-state index >= 15 is 0 Å². The molecule has 0 spiro atoms. The highest BCUT2D eigenvalue weighted by Crippen LogP contribution is 2.38. The number of benzene rings is 2. The molecule has 2 N–H and O–H groups in total. The first-order valence-electron chi connectivity index (χ1n) is 12.7. The molecule has 6 rings (SSSR count). The molecule has 1 aliphatic carbocycles. The van der Waals surface area contributed by atoms with Crippen molar-refractivity contribution in [3.8, 4) is 23.0 Å². The molecule has 0 bridgehead atoms. The van der Waals surface area contributed by atoms with Crippen LogP contribution in [0.2, 0.25) is 0 Å². The van der Waals surface area contributed by atoms with Gasteiger partial charge in [-0.15, -0.1) is 0 Å². The molecule has 3 heterocycles. The predicted molar refractivity (Wildman–Crippen MR) is 139 cm³/mol. The number of carbonyl (C=O) groups excluding carboxylic acids is 1. The van der Waals surface area contributed by atoms with Gasteiger partial charge >= 0.3 is 0 Å². The van der Waals surface area contributed by atoms with Crippen LogP contribution in [0.3, 0.4) is 0 Å². The minimum atomic E-state index is -0.654. The number of nitrogen functional groups attached to an aromatic ring is 1. The molecule has 1 saturated carbocycles. The maximum absolute atomic E-state index is 13.6. The summed E-state index contributed by atoms with van der Waals surface area (Å²) in [5.74, 6) is 3.38. The van der Waals surface area contributed by atoms with Crippen LogP contribution in [0.15, 0.2) is 36.4 Å². The lowest BCUT2D eigenvalue weighted by atomic mass is 9.86. The molecule has 3 atom stereocenters. The van der Waals surface area contributed by atoms with Gasteiger partial charge < -0.3 is 34.5 Å². The van der Waals surface area contributed by atoms with Crippen molar-refractivity contribution in [2.75, 3.05) is 44.5 Å². The number of nitrogens with two attached hydrogens (primary N) is 1. The third-order valence-corrected chi connectivity index (χ3v) is 7.62. The fraction of sp³-hybridized carbons (Fsp3) is 0.444. The molecule has 10 heteroatoms. The molecule has 2 aliphatic heterocycles. The normalized spacial score (nSPS) is 22.9. The number of para-hydroxylation sites is 2. The van der Waals surface area contributed by atoms with Gasteiger partial charge in [0.2, 0.25) is 12.1 Å². The van der Waals surface area contributed by atoms with Crippen LogP contribution in [0.1, 0.15) is 25.7 Å². The van der Waals surface area contributed by atoms with Gasteiger partial charge in [0.25, 0.3) is 5.91 Å². The van der Waals surface area contributed by atoms with Gasteiger partial charge in [0.1, 0.15) is 12.4 Å². The van der Waals surface area contributed by atoms with Crippen molar-refractivity contribution in [3.63, 3.8) is 0 Å². The summed E-state index contributed by atoms with van der Waals surface area (Å²) in [5.41, 5.74) is 7.08. The second kappa shape index (κ2) is 9.49. The number of aromatic nitrogens is 2. The quantitative estimate of drug-likeness (QED) is 0.572. The third kappa shape index (κ3) is 4.10. The first kappa shape index (κ1) is 23.4. The van der Waals surface area contributed by atoms with Crippen molar-refractivity contribution < 1.29 is 23.7 Å². The largest absolute Gasteiger partial charge is 0.493 e. The number of hydrogen-bond acceptors (Lipinski definition) is 9. The van der Waals surface area contributed by atoms with Gasteiger partial charge in [0.15, 0.2) is 23.0 Å². The number of piperazine rings is 1. The highest BCUT2D eigenvalue weighted by molar-refractivity contribution is 5.92. The van der Waals surface area contributed by atoms with E-state index in [1.165, 1.54) is 0 Å². The number of fused-ring (bicyclic) bond motifs is 3. The van der Waals surface area contributed by atoms with Crippen molar-refractivity contribution in [3.05, 3.63) is 36.4 Å². The summed E-state index contributed by atoms with van der Waals surface area (Å²) in [4.78, 5) is 27.4. The Hall–Kier alpha value is -3.95. The zero-order chi connectivity index (χ0) is 25.5. The zero-order valence-electron chi connectivity index (χ0n) is 21.1. The molecule has 10 nitrogen and oxygen atoms in total. The smallest absolute Gasteiger partial charge is 0.267 e. The summed E-state index contributed by atoms with van der Waals surface area (Å²) in [6.45, 7) is 1.37. The number of rotatable bonds is 4. The molecule has 1 aromatic heterocycles. The summed E-state index contributed by atoms with van der Waals surface area (Å²) >= 11 is 0. The van der Waals surface area contributed by atoms with Gasteiger partial charge in [-0.2, -0.15) is 4.98 Å². The monoisotopic (exact) mass is 505 g/mol. The Bertz CT molecular complexity index is 1330. The van der Waals surface area contributed by atoms with E-state index in [0.29, 0.717) is 58.8 Å². The average molecular weight is 506 g/mol. The van der Waals surface area contributed by atoms with Gasteiger partial charge in [-0.25, -0.2) is 4.98 Å². The summed E-state index contributed by atoms with van der Waals surface area (Å²) in [5, 5.41) is 0.713. The zero-order valence-corrected chi connectivity index (χ0v) is 21.1. The predicted octanol–water partition coefficient (Wildman–Crippen LogP) is 3.03.